The Morgan fingerprint density at radius 3 is 2.41 bits per heavy atom. The van der Waals surface area contributed by atoms with Gasteiger partial charge in [0.25, 0.3) is 5.91 Å². The first-order chi connectivity index (χ1) is 18.4. The molecule has 0 aliphatic heterocycles. The van der Waals surface area contributed by atoms with Crippen molar-refractivity contribution in [3.63, 3.8) is 0 Å². The van der Waals surface area contributed by atoms with Crippen molar-refractivity contribution in [2.24, 2.45) is 11.8 Å². The van der Waals surface area contributed by atoms with Crippen molar-refractivity contribution in [1.29, 1.82) is 0 Å². The molecule has 3 aromatic rings. The van der Waals surface area contributed by atoms with E-state index in [4.69, 9.17) is 11.6 Å². The molecule has 11 heteroatoms. The van der Waals surface area contributed by atoms with Gasteiger partial charge in [0, 0.05) is 23.5 Å². The normalized spacial score (nSPS) is 25.3. The number of rotatable bonds is 6. The molecule has 5 rings (SSSR count). The molecule has 7 nitrogen and oxygen atoms in total. The average Bonchev–Trinajstić information content (AvgIpc) is 3.05. The number of amides is 1. The number of pyridine rings is 1. The van der Waals surface area contributed by atoms with Gasteiger partial charge in [0.05, 0.1) is 20.9 Å². The molecule has 5 atom stereocenters. The molecule has 0 radical (unpaired) electrons. The van der Waals surface area contributed by atoms with E-state index in [-0.39, 0.29) is 34.0 Å². The lowest BCUT2D eigenvalue weighted by atomic mass is 9.70. The van der Waals surface area contributed by atoms with E-state index in [1.807, 2.05) is 6.92 Å². The van der Waals surface area contributed by atoms with Crippen molar-refractivity contribution < 1.29 is 32.2 Å². The van der Waals surface area contributed by atoms with E-state index >= 15 is 0 Å². The van der Waals surface area contributed by atoms with Crippen LogP contribution in [0.5, 0.6) is 0 Å². The number of aromatic nitrogens is 1. The highest BCUT2D eigenvalue weighted by Gasteiger charge is 2.59. The number of aliphatic hydroxyl groups is 2. The van der Waals surface area contributed by atoms with Crippen molar-refractivity contribution >= 4 is 33.0 Å². The predicted molar refractivity (Wildman–Crippen MR) is 141 cm³/mol. The summed E-state index contributed by atoms with van der Waals surface area (Å²) in [6, 6.07) is 10.2. The van der Waals surface area contributed by atoms with Crippen molar-refractivity contribution in [3.05, 3.63) is 88.2 Å². The monoisotopic (exact) mass is 576 g/mol. The molecule has 0 saturated heterocycles. The first-order valence-electron chi connectivity index (χ1n) is 12.5. The van der Waals surface area contributed by atoms with Gasteiger partial charge in [-0.05, 0) is 92.5 Å². The number of carbonyl (C=O) groups is 1. The number of hydrogen-bond acceptors (Lipinski definition) is 6. The number of halogens is 3. The summed E-state index contributed by atoms with van der Waals surface area (Å²) in [7, 11) is -4.04. The number of benzene rings is 2. The molecule has 3 N–H and O–H groups in total. The molecule has 2 aliphatic rings. The summed E-state index contributed by atoms with van der Waals surface area (Å²) in [5.41, 5.74) is -0.308. The quantitative estimate of drug-likeness (QED) is 0.380. The molecule has 39 heavy (non-hydrogen) atoms. The second-order valence-electron chi connectivity index (χ2n) is 10.4. The molecule has 2 unspecified atom stereocenters. The van der Waals surface area contributed by atoms with Crippen LogP contribution in [0.15, 0.2) is 59.6 Å². The van der Waals surface area contributed by atoms with E-state index in [1.54, 1.807) is 18.3 Å². The van der Waals surface area contributed by atoms with Gasteiger partial charge in [0.2, 0.25) is 0 Å². The molecular weight excluding hydrogens is 550 g/mol. The van der Waals surface area contributed by atoms with Crippen LogP contribution in [0.25, 0.3) is 0 Å². The van der Waals surface area contributed by atoms with Crippen molar-refractivity contribution in [2.45, 2.75) is 54.5 Å². The van der Waals surface area contributed by atoms with Crippen LogP contribution in [0, 0.1) is 30.4 Å². The van der Waals surface area contributed by atoms with Crippen LogP contribution in [0.1, 0.15) is 53.4 Å². The van der Waals surface area contributed by atoms with Gasteiger partial charge < -0.3 is 15.5 Å². The Bertz CT molecular complexity index is 1540. The third-order valence-corrected chi connectivity index (χ3v) is 10.7. The maximum Gasteiger partial charge on any atom is 0.255 e. The van der Waals surface area contributed by atoms with Crippen molar-refractivity contribution in [3.8, 4) is 0 Å². The van der Waals surface area contributed by atoms with Gasteiger partial charge in [-0.25, -0.2) is 17.2 Å². The zero-order valence-electron chi connectivity index (χ0n) is 20.9. The fraction of sp³-hybridized carbons (Fsp3) is 0.357. The molecule has 2 fully saturated rings. The summed E-state index contributed by atoms with van der Waals surface area (Å²) in [5.74, 6) is -3.88. The molecule has 1 aromatic heterocycles. The lowest BCUT2D eigenvalue weighted by Crippen LogP contribution is -2.52. The predicted octanol–water partition coefficient (Wildman–Crippen LogP) is 5.00. The van der Waals surface area contributed by atoms with Crippen LogP contribution in [0.4, 0.5) is 14.5 Å². The van der Waals surface area contributed by atoms with E-state index < -0.39 is 56.2 Å². The van der Waals surface area contributed by atoms with Gasteiger partial charge in [0.1, 0.15) is 11.7 Å². The number of anilines is 1. The van der Waals surface area contributed by atoms with Gasteiger partial charge in [-0.3, -0.25) is 9.78 Å². The minimum absolute atomic E-state index is 0.00283. The zero-order chi connectivity index (χ0) is 28.1. The second kappa shape index (κ2) is 10.2. The van der Waals surface area contributed by atoms with Crippen LogP contribution in [-0.4, -0.2) is 40.4 Å². The number of carbonyl (C=O) groups excluding carboxylic acids is 1. The van der Waals surface area contributed by atoms with E-state index in [0.717, 1.165) is 17.7 Å². The van der Waals surface area contributed by atoms with E-state index in [1.165, 1.54) is 24.3 Å². The van der Waals surface area contributed by atoms with E-state index in [9.17, 15) is 32.2 Å². The third-order valence-electron chi connectivity index (χ3n) is 8.04. The highest BCUT2D eigenvalue weighted by molar-refractivity contribution is 7.92. The van der Waals surface area contributed by atoms with Crippen LogP contribution < -0.4 is 5.32 Å². The largest absolute Gasteiger partial charge is 0.386 e. The molecule has 0 spiro atoms. The highest BCUT2D eigenvalue weighted by atomic mass is 35.5. The molecule has 2 aliphatic carbocycles. The first-order valence-corrected chi connectivity index (χ1v) is 14.5. The summed E-state index contributed by atoms with van der Waals surface area (Å²) in [5, 5.41) is 24.3. The minimum Gasteiger partial charge on any atom is -0.386 e. The lowest BCUT2D eigenvalue weighted by molar-refractivity contribution is -0.145. The average molecular weight is 577 g/mol. The number of sulfone groups is 1. The summed E-state index contributed by atoms with van der Waals surface area (Å²) in [6.07, 6.45) is 1.64. The maximum absolute atomic E-state index is 13.8. The fourth-order valence-electron chi connectivity index (χ4n) is 6.01. The number of aryl methyl sites for hydroxylation is 1. The van der Waals surface area contributed by atoms with Gasteiger partial charge in [0.15, 0.2) is 21.5 Å². The van der Waals surface area contributed by atoms with E-state index in [2.05, 4.69) is 10.3 Å². The Hall–Kier alpha value is -2.92. The molecule has 206 valence electrons. The Balaban J connectivity index is 1.39. The smallest absolute Gasteiger partial charge is 0.255 e. The summed E-state index contributed by atoms with van der Waals surface area (Å²) >= 11 is 6.29. The van der Waals surface area contributed by atoms with Gasteiger partial charge in [-0.2, -0.15) is 0 Å². The standard InChI is InChI=1S/C28H27ClF2N2O5S/c1-15-8-9-32-24(10-15)26(34)28(36)17-3-4-18(28)13-20(12-17)39(37,38)25-11-16(2-6-21(25)29)27(35)33-19-5-7-22(30)23(31)14-19/h2,5-11,14,17-18,20,26,34,36H,3-4,12-13H2,1H3,(H,33,35)/t17-,18+,20?,26-,28?/m1/s1. The molecule has 2 saturated carbocycles. The van der Waals surface area contributed by atoms with Crippen LogP contribution in [0.2, 0.25) is 5.02 Å². The zero-order valence-corrected chi connectivity index (χ0v) is 22.5. The summed E-state index contributed by atoms with van der Waals surface area (Å²) < 4.78 is 54.3. The number of nitrogens with one attached hydrogen (secondary N) is 1. The van der Waals surface area contributed by atoms with E-state index in [0.29, 0.717) is 18.5 Å². The molecular formula is C28H27ClF2N2O5S. The molecule has 2 bridgehead atoms. The lowest BCUT2D eigenvalue weighted by Gasteiger charge is -2.45. The third kappa shape index (κ3) is 4.95. The number of hydrogen-bond donors (Lipinski definition) is 3. The van der Waals surface area contributed by atoms with Crippen molar-refractivity contribution in [2.75, 3.05) is 5.32 Å². The van der Waals surface area contributed by atoms with Crippen LogP contribution >= 0.6 is 11.6 Å². The number of aliphatic hydroxyl groups excluding tert-OH is 1. The Morgan fingerprint density at radius 1 is 1.08 bits per heavy atom. The summed E-state index contributed by atoms with van der Waals surface area (Å²) in [6.45, 7) is 1.86. The first kappa shape index (κ1) is 27.6. The summed E-state index contributed by atoms with van der Waals surface area (Å²) in [4.78, 5) is 16.8. The van der Waals surface area contributed by atoms with Crippen molar-refractivity contribution in [1.82, 2.24) is 4.98 Å². The van der Waals surface area contributed by atoms with Gasteiger partial charge in [-0.1, -0.05) is 11.6 Å². The molecule has 1 amide bonds. The molecule has 2 aromatic carbocycles. The van der Waals surface area contributed by atoms with Crippen LogP contribution in [-0.2, 0) is 9.84 Å². The minimum atomic E-state index is -4.04. The Morgan fingerprint density at radius 2 is 1.77 bits per heavy atom. The van der Waals surface area contributed by atoms with Crippen LogP contribution in [0.3, 0.4) is 0 Å². The SMILES string of the molecule is Cc1ccnc([C@@H](O)C2(O)[C@@H]3CC[C@H]2CC(S(=O)(=O)c2cc(C(=O)Nc4ccc(F)c(F)c4)ccc2Cl)C3)c1. The number of fused-ring (bicyclic) bond motifs is 2. The second-order valence-corrected chi connectivity index (χ2v) is 13.0. The van der Waals surface area contributed by atoms with Gasteiger partial charge in [-0.15, -0.1) is 0 Å². The molecule has 1 heterocycles. The Kier molecular flexibility index (Phi) is 7.26. The topological polar surface area (TPSA) is 117 Å². The number of nitrogens with zero attached hydrogens (tertiary/aromatic N) is 1. The Labute approximate surface area is 229 Å². The van der Waals surface area contributed by atoms with Gasteiger partial charge >= 0.3 is 0 Å². The highest BCUT2D eigenvalue weighted by Crippen LogP contribution is 2.56. The fourth-order valence-corrected chi connectivity index (χ4v) is 8.41. The maximum atomic E-state index is 13.8.